The number of nitrogens with zero attached hydrogens (tertiary/aromatic N) is 1. The number of likely N-dealkylation sites (N-methyl/N-ethyl adjacent to an activating group) is 1. The van der Waals surface area contributed by atoms with Crippen molar-refractivity contribution < 1.29 is 31.7 Å². The van der Waals surface area contributed by atoms with Gasteiger partial charge in [-0.3, -0.25) is 0 Å². The zero-order valence-electron chi connectivity index (χ0n) is 12.9. The first-order valence-electron chi connectivity index (χ1n) is 7.74. The van der Waals surface area contributed by atoms with E-state index in [1.165, 1.54) is 51.4 Å². The van der Waals surface area contributed by atoms with Crippen LogP contribution in [0.1, 0.15) is 58.3 Å². The molecule has 3 nitrogen and oxygen atoms in total. The Morgan fingerprint density at radius 3 is 1.53 bits per heavy atom. The fourth-order valence-electron chi connectivity index (χ4n) is 2.45. The van der Waals surface area contributed by atoms with Gasteiger partial charge in [-0.25, -0.2) is 0 Å². The topological polar surface area (TPSA) is 40.5 Å². The molecule has 0 heterocycles. The van der Waals surface area contributed by atoms with Gasteiger partial charge in [0.2, 0.25) is 0 Å². The molecule has 0 aromatic rings. The van der Waals surface area contributed by atoms with E-state index in [1.807, 2.05) is 0 Å². The summed E-state index contributed by atoms with van der Waals surface area (Å²) in [5, 5.41) is 18.1. The molecule has 0 aliphatic carbocycles. The van der Waals surface area contributed by atoms with Gasteiger partial charge in [0.05, 0.1) is 26.8 Å². The highest BCUT2D eigenvalue weighted by Crippen LogP contribution is 2.11. The Bertz CT molecular complexity index is 174. The molecule has 0 radical (unpaired) electrons. The van der Waals surface area contributed by atoms with E-state index in [0.29, 0.717) is 0 Å². The van der Waals surface area contributed by atoms with E-state index in [2.05, 4.69) is 14.0 Å². The molecule has 19 heavy (non-hydrogen) atoms. The lowest BCUT2D eigenvalue weighted by molar-refractivity contribution is -0.910. The Hall–Kier alpha value is 0.360. The van der Waals surface area contributed by atoms with E-state index in [9.17, 15) is 0 Å². The van der Waals surface area contributed by atoms with Crippen LogP contribution in [0.3, 0.4) is 0 Å². The fraction of sp³-hybridized carbons (Fsp3) is 1.00. The Kier molecular flexibility index (Phi) is 16.8. The van der Waals surface area contributed by atoms with Crippen LogP contribution in [0, 0.1) is 0 Å². The molecular weight excluding hydrogens is 306 g/mol. The van der Waals surface area contributed by atoms with Gasteiger partial charge in [-0.05, 0) is 12.8 Å². The predicted molar refractivity (Wildman–Crippen MR) is 77.6 cm³/mol. The fourth-order valence-corrected chi connectivity index (χ4v) is 2.45. The Morgan fingerprint density at radius 2 is 1.11 bits per heavy atom. The number of hydrogen-bond donors (Lipinski definition) is 2. The third-order valence-corrected chi connectivity index (χ3v) is 3.83. The minimum absolute atomic E-state index is 0. The van der Waals surface area contributed by atoms with Crippen LogP contribution in [0.4, 0.5) is 0 Å². The molecule has 118 valence electrons. The smallest absolute Gasteiger partial charge is 0.102 e. The van der Waals surface area contributed by atoms with Crippen molar-refractivity contribution in [3.63, 3.8) is 0 Å². The summed E-state index contributed by atoms with van der Waals surface area (Å²) in [7, 11) is 2.13. The first-order valence-corrected chi connectivity index (χ1v) is 7.74. The average Bonchev–Trinajstić information content (AvgIpc) is 2.33. The Balaban J connectivity index is 0. The number of hydrogen-bond acceptors (Lipinski definition) is 2. The molecule has 0 atom stereocenters. The van der Waals surface area contributed by atoms with Crippen LogP contribution in [0.15, 0.2) is 0 Å². The highest BCUT2D eigenvalue weighted by molar-refractivity contribution is 4.47. The summed E-state index contributed by atoms with van der Waals surface area (Å²) in [6, 6.07) is 0. The molecule has 0 aromatic carbocycles. The van der Waals surface area contributed by atoms with E-state index < -0.39 is 0 Å². The first-order chi connectivity index (χ1) is 8.68. The summed E-state index contributed by atoms with van der Waals surface area (Å²) < 4.78 is 0.808. The number of aliphatic hydroxyl groups excluding tert-OH is 2. The Morgan fingerprint density at radius 1 is 0.684 bits per heavy atom. The molecule has 0 rings (SSSR count). The van der Waals surface area contributed by atoms with Crippen LogP contribution in [-0.2, 0) is 0 Å². The lowest BCUT2D eigenvalue weighted by Crippen LogP contribution is -3.00. The van der Waals surface area contributed by atoms with Crippen molar-refractivity contribution in [3.8, 4) is 0 Å². The van der Waals surface area contributed by atoms with E-state index in [4.69, 9.17) is 10.2 Å². The van der Waals surface area contributed by atoms with Gasteiger partial charge < -0.3 is 31.7 Å². The van der Waals surface area contributed by atoms with Gasteiger partial charge in [-0.1, -0.05) is 45.4 Å². The van der Waals surface area contributed by atoms with Crippen molar-refractivity contribution >= 4 is 0 Å². The number of aliphatic hydroxyl groups is 2. The summed E-state index contributed by atoms with van der Waals surface area (Å²) in [6.07, 6.45) is 10.7. The van der Waals surface area contributed by atoms with E-state index in [0.717, 1.165) is 24.1 Å². The molecule has 0 spiro atoms. The summed E-state index contributed by atoms with van der Waals surface area (Å²) in [5.74, 6) is 0. The Labute approximate surface area is 130 Å². The van der Waals surface area contributed by atoms with Crippen LogP contribution in [0.2, 0.25) is 0 Å². The summed E-state index contributed by atoms with van der Waals surface area (Å²) in [5.41, 5.74) is 0. The standard InChI is InChI=1S/C15H34NO2.BrH/c1-3-4-5-6-7-8-9-10-11-16(2,12-14-17)13-15-18;/h17-18H,3-15H2,1-2H3;1H/q+1;/p-1. The van der Waals surface area contributed by atoms with Crippen LogP contribution in [-0.4, -0.2) is 54.6 Å². The highest BCUT2D eigenvalue weighted by Gasteiger charge is 2.19. The molecule has 0 bridgehead atoms. The van der Waals surface area contributed by atoms with Crippen LogP contribution < -0.4 is 17.0 Å². The third kappa shape index (κ3) is 13.1. The van der Waals surface area contributed by atoms with Crippen molar-refractivity contribution in [2.45, 2.75) is 58.3 Å². The zero-order chi connectivity index (χ0) is 13.7. The average molecular weight is 340 g/mol. The van der Waals surface area contributed by atoms with Crippen LogP contribution in [0.5, 0.6) is 0 Å². The molecule has 2 N–H and O–H groups in total. The SMILES string of the molecule is CCCCCCCCCC[N+](C)(CCO)CCO.[Br-]. The quantitative estimate of drug-likeness (QED) is 0.353. The third-order valence-electron chi connectivity index (χ3n) is 3.83. The molecule has 0 saturated heterocycles. The van der Waals surface area contributed by atoms with Gasteiger partial charge in [0.15, 0.2) is 0 Å². The van der Waals surface area contributed by atoms with E-state index in [1.54, 1.807) is 0 Å². The van der Waals surface area contributed by atoms with Gasteiger partial charge >= 0.3 is 0 Å². The van der Waals surface area contributed by atoms with Crippen LogP contribution >= 0.6 is 0 Å². The van der Waals surface area contributed by atoms with Crippen molar-refractivity contribution in [2.24, 2.45) is 0 Å². The zero-order valence-corrected chi connectivity index (χ0v) is 14.5. The van der Waals surface area contributed by atoms with Crippen molar-refractivity contribution in [2.75, 3.05) is 39.9 Å². The first kappa shape index (κ1) is 21.7. The lowest BCUT2D eigenvalue weighted by Gasteiger charge is -2.33. The van der Waals surface area contributed by atoms with Gasteiger partial charge in [-0.15, -0.1) is 0 Å². The van der Waals surface area contributed by atoms with Crippen LogP contribution in [0.25, 0.3) is 0 Å². The second-order valence-corrected chi connectivity index (χ2v) is 5.71. The number of halogens is 1. The van der Waals surface area contributed by atoms with E-state index >= 15 is 0 Å². The highest BCUT2D eigenvalue weighted by atomic mass is 79.9. The molecule has 4 heteroatoms. The lowest BCUT2D eigenvalue weighted by atomic mass is 10.1. The molecule has 0 aliphatic heterocycles. The monoisotopic (exact) mass is 339 g/mol. The minimum Gasteiger partial charge on any atom is -1.00 e. The van der Waals surface area contributed by atoms with Gasteiger partial charge in [0.1, 0.15) is 13.1 Å². The van der Waals surface area contributed by atoms with E-state index in [-0.39, 0.29) is 30.2 Å². The van der Waals surface area contributed by atoms with Gasteiger partial charge in [0.25, 0.3) is 0 Å². The number of rotatable bonds is 13. The molecule has 0 aromatic heterocycles. The number of quaternary nitrogens is 1. The summed E-state index contributed by atoms with van der Waals surface area (Å²) in [6.45, 7) is 5.28. The number of unbranched alkanes of at least 4 members (excludes halogenated alkanes) is 7. The molecule has 0 aliphatic rings. The maximum absolute atomic E-state index is 9.05. The van der Waals surface area contributed by atoms with Crippen molar-refractivity contribution in [1.82, 2.24) is 0 Å². The van der Waals surface area contributed by atoms with Crippen molar-refractivity contribution in [1.29, 1.82) is 0 Å². The maximum atomic E-state index is 9.05. The minimum atomic E-state index is 0. The van der Waals surface area contributed by atoms with Crippen molar-refractivity contribution in [3.05, 3.63) is 0 Å². The van der Waals surface area contributed by atoms with Gasteiger partial charge in [0, 0.05) is 0 Å². The second-order valence-electron chi connectivity index (χ2n) is 5.71. The largest absolute Gasteiger partial charge is 1.00 e. The van der Waals surface area contributed by atoms with Gasteiger partial charge in [-0.2, -0.15) is 0 Å². The molecule has 0 fully saturated rings. The molecule has 0 amide bonds. The summed E-state index contributed by atoms with van der Waals surface area (Å²) >= 11 is 0. The maximum Gasteiger partial charge on any atom is 0.102 e. The summed E-state index contributed by atoms with van der Waals surface area (Å²) in [4.78, 5) is 0. The normalized spacial score (nSPS) is 11.4. The molecule has 0 unspecified atom stereocenters. The molecule has 0 saturated carbocycles. The second kappa shape index (κ2) is 14.8. The molecular formula is C15H34BrNO2. The predicted octanol–water partition coefficient (Wildman–Crippen LogP) is -0.438.